The fraction of sp³-hybridized carbons (Fsp3) is 0.538. The van der Waals surface area contributed by atoms with Crippen molar-refractivity contribution in [1.29, 1.82) is 0 Å². The minimum Gasteiger partial charge on any atom is -0.496 e. The lowest BCUT2D eigenvalue weighted by molar-refractivity contribution is 0.385. The average molecular weight is 286 g/mol. The van der Waals surface area contributed by atoms with E-state index < -0.39 is 0 Å². The van der Waals surface area contributed by atoms with Crippen LogP contribution in [-0.2, 0) is 6.54 Å². The van der Waals surface area contributed by atoms with Crippen LogP contribution < -0.4 is 4.74 Å². The van der Waals surface area contributed by atoms with Gasteiger partial charge >= 0.3 is 0 Å². The lowest BCUT2D eigenvalue weighted by atomic mass is 9.97. The summed E-state index contributed by atoms with van der Waals surface area (Å²) in [4.78, 5) is 2.24. The van der Waals surface area contributed by atoms with Crippen LogP contribution in [0.5, 0.6) is 5.75 Å². The molecule has 0 aliphatic carbocycles. The molecule has 0 aromatic heterocycles. The van der Waals surface area contributed by atoms with Crippen molar-refractivity contribution in [2.45, 2.75) is 27.3 Å². The van der Waals surface area contributed by atoms with Gasteiger partial charge in [0.05, 0.1) is 12.6 Å². The van der Waals surface area contributed by atoms with Gasteiger partial charge in [0, 0.05) is 6.54 Å². The zero-order valence-corrected chi connectivity index (χ0v) is 12.3. The third kappa shape index (κ3) is 2.77. The number of methoxy groups -OCH3 is 1. The quantitative estimate of drug-likeness (QED) is 0.621. The molecule has 0 unspecified atom stereocenters. The molecule has 1 aromatic rings. The fourth-order valence-corrected chi connectivity index (χ4v) is 2.04. The highest BCUT2D eigenvalue weighted by Gasteiger charge is 2.11. The molecule has 0 fully saturated rings. The molecule has 0 saturated heterocycles. The van der Waals surface area contributed by atoms with Gasteiger partial charge in [-0.15, -0.1) is 0 Å². The summed E-state index contributed by atoms with van der Waals surface area (Å²) in [5, 5.41) is 0. The summed E-state index contributed by atoms with van der Waals surface area (Å²) >= 11 is 3.47. The van der Waals surface area contributed by atoms with E-state index in [2.05, 4.69) is 54.7 Å². The number of hydrogen-bond acceptors (Lipinski definition) is 2. The van der Waals surface area contributed by atoms with Crippen molar-refractivity contribution < 1.29 is 4.74 Å². The highest BCUT2D eigenvalue weighted by atomic mass is 79.9. The number of benzene rings is 1. The van der Waals surface area contributed by atoms with Crippen LogP contribution in [0.4, 0.5) is 0 Å². The zero-order valence-electron chi connectivity index (χ0n) is 10.7. The Morgan fingerprint density at radius 3 is 2.38 bits per heavy atom. The molecule has 1 rings (SSSR count). The zero-order chi connectivity index (χ0) is 12.3. The first kappa shape index (κ1) is 13.5. The van der Waals surface area contributed by atoms with E-state index in [0.29, 0.717) is 0 Å². The van der Waals surface area contributed by atoms with Crippen LogP contribution in [-0.4, -0.2) is 24.5 Å². The Morgan fingerprint density at radius 1 is 1.25 bits per heavy atom. The van der Waals surface area contributed by atoms with Gasteiger partial charge in [-0.2, -0.15) is 0 Å². The second kappa shape index (κ2) is 5.69. The summed E-state index contributed by atoms with van der Waals surface area (Å²) in [5.41, 5.74) is 6.17. The molecule has 0 aliphatic heterocycles. The highest BCUT2D eigenvalue weighted by molar-refractivity contribution is 9.09. The first-order valence-electron chi connectivity index (χ1n) is 5.39. The van der Waals surface area contributed by atoms with E-state index in [-0.39, 0.29) is 0 Å². The lowest BCUT2D eigenvalue weighted by Gasteiger charge is -2.20. The second-order valence-electron chi connectivity index (χ2n) is 4.26. The van der Waals surface area contributed by atoms with Gasteiger partial charge in [-0.05, 0) is 56.1 Å². The lowest BCUT2D eigenvalue weighted by Crippen LogP contribution is -2.17. The molecular weight excluding hydrogens is 266 g/mol. The molecule has 0 spiro atoms. The van der Waals surface area contributed by atoms with Gasteiger partial charge in [0.25, 0.3) is 0 Å². The molecule has 0 atom stereocenters. The molecule has 0 bridgehead atoms. The van der Waals surface area contributed by atoms with Crippen molar-refractivity contribution >= 4 is 15.9 Å². The molecule has 16 heavy (non-hydrogen) atoms. The van der Waals surface area contributed by atoms with E-state index in [0.717, 1.165) is 17.7 Å². The molecule has 0 radical (unpaired) electrons. The summed E-state index contributed by atoms with van der Waals surface area (Å²) in [5.74, 6) is 0.986. The minimum atomic E-state index is 0.886. The van der Waals surface area contributed by atoms with E-state index in [1.165, 1.54) is 22.3 Å². The summed E-state index contributed by atoms with van der Waals surface area (Å²) in [7, 11) is 3.83. The van der Waals surface area contributed by atoms with Crippen LogP contribution in [0.3, 0.4) is 0 Å². The molecule has 90 valence electrons. The van der Waals surface area contributed by atoms with Crippen molar-refractivity contribution in [3.8, 4) is 5.75 Å². The molecule has 0 amide bonds. The first-order valence-corrected chi connectivity index (χ1v) is 6.51. The third-order valence-electron chi connectivity index (χ3n) is 3.06. The second-order valence-corrected chi connectivity index (χ2v) is 4.76. The molecule has 0 saturated carbocycles. The van der Waals surface area contributed by atoms with Crippen molar-refractivity contribution in [2.24, 2.45) is 0 Å². The number of alkyl halides is 1. The van der Waals surface area contributed by atoms with Crippen LogP contribution in [0.15, 0.2) is 6.07 Å². The predicted octanol–water partition coefficient (Wildman–Crippen LogP) is 3.40. The molecule has 0 N–H and O–H groups in total. The van der Waals surface area contributed by atoms with Gasteiger partial charge in [0.2, 0.25) is 0 Å². The van der Waals surface area contributed by atoms with Crippen molar-refractivity contribution in [3.63, 3.8) is 0 Å². The molecule has 0 aliphatic rings. The van der Waals surface area contributed by atoms with E-state index in [1.54, 1.807) is 7.11 Å². The van der Waals surface area contributed by atoms with Crippen LogP contribution in [0.1, 0.15) is 22.3 Å². The summed E-state index contributed by atoms with van der Waals surface area (Å²) in [6.07, 6.45) is 0. The Kier molecular flexibility index (Phi) is 4.81. The largest absolute Gasteiger partial charge is 0.496 e. The molecule has 2 nitrogen and oxygen atoms in total. The predicted molar refractivity (Wildman–Crippen MR) is 72.5 cm³/mol. The van der Waals surface area contributed by atoms with Gasteiger partial charge in [0.15, 0.2) is 0 Å². The van der Waals surface area contributed by atoms with E-state index in [1.807, 2.05) is 0 Å². The monoisotopic (exact) mass is 285 g/mol. The molecule has 3 heteroatoms. The SMILES string of the molecule is COc1cc(C)c(CN(C)CBr)c(C)c1C. The Balaban J connectivity index is 3.15. The van der Waals surface area contributed by atoms with Gasteiger partial charge in [-0.3, -0.25) is 4.90 Å². The maximum Gasteiger partial charge on any atom is 0.122 e. The van der Waals surface area contributed by atoms with Crippen LogP contribution in [0.2, 0.25) is 0 Å². The topological polar surface area (TPSA) is 12.5 Å². The van der Waals surface area contributed by atoms with Gasteiger partial charge < -0.3 is 4.74 Å². The Labute approximate surface area is 107 Å². The van der Waals surface area contributed by atoms with Crippen molar-refractivity contribution in [1.82, 2.24) is 4.90 Å². The van der Waals surface area contributed by atoms with Crippen LogP contribution in [0.25, 0.3) is 0 Å². The van der Waals surface area contributed by atoms with Crippen molar-refractivity contribution in [2.75, 3.05) is 19.6 Å². The normalized spacial score (nSPS) is 10.9. The molecule has 1 aromatic carbocycles. The Morgan fingerprint density at radius 2 is 1.88 bits per heavy atom. The van der Waals surface area contributed by atoms with E-state index >= 15 is 0 Å². The van der Waals surface area contributed by atoms with Gasteiger partial charge in [-0.25, -0.2) is 0 Å². The number of halogens is 1. The summed E-state index contributed by atoms with van der Waals surface area (Å²) in [6.45, 7) is 7.40. The smallest absolute Gasteiger partial charge is 0.122 e. The standard InChI is InChI=1S/C13H20BrNO/c1-9-6-13(16-5)11(3)10(2)12(9)7-15(4)8-14/h6H,7-8H2,1-5H3. The van der Waals surface area contributed by atoms with Gasteiger partial charge in [0.1, 0.15) is 5.75 Å². The minimum absolute atomic E-state index is 0.886. The molecular formula is C13H20BrNO. The van der Waals surface area contributed by atoms with E-state index in [9.17, 15) is 0 Å². The summed E-state index contributed by atoms with van der Waals surface area (Å²) < 4.78 is 5.37. The summed E-state index contributed by atoms with van der Waals surface area (Å²) in [6, 6.07) is 2.12. The number of aryl methyl sites for hydroxylation is 1. The first-order chi connectivity index (χ1) is 7.51. The highest BCUT2D eigenvalue weighted by Crippen LogP contribution is 2.28. The average Bonchev–Trinajstić information content (AvgIpc) is 2.28. The Bertz CT molecular complexity index is 377. The van der Waals surface area contributed by atoms with E-state index in [4.69, 9.17) is 4.74 Å². The van der Waals surface area contributed by atoms with Gasteiger partial charge in [-0.1, -0.05) is 15.9 Å². The number of rotatable bonds is 4. The van der Waals surface area contributed by atoms with Crippen LogP contribution >= 0.6 is 15.9 Å². The fourth-order valence-electron chi connectivity index (χ4n) is 1.87. The number of hydrogen-bond donors (Lipinski definition) is 0. The maximum atomic E-state index is 5.37. The number of nitrogens with zero attached hydrogens (tertiary/aromatic N) is 1. The van der Waals surface area contributed by atoms with Crippen LogP contribution in [0, 0.1) is 20.8 Å². The third-order valence-corrected chi connectivity index (χ3v) is 3.92. The maximum absolute atomic E-state index is 5.37. The number of ether oxygens (including phenoxy) is 1. The Hall–Kier alpha value is -0.540. The molecule has 0 heterocycles. The van der Waals surface area contributed by atoms with Crippen molar-refractivity contribution in [3.05, 3.63) is 28.3 Å².